The van der Waals surface area contributed by atoms with Gasteiger partial charge in [0.15, 0.2) is 0 Å². The molecule has 0 saturated heterocycles. The number of nitrogens with zero attached hydrogens (tertiary/aromatic N) is 2. The Morgan fingerprint density at radius 2 is 1.89 bits per heavy atom. The van der Waals surface area contributed by atoms with E-state index in [-0.39, 0.29) is 5.75 Å². The largest absolute Gasteiger partial charge is 0.507 e. The van der Waals surface area contributed by atoms with Crippen LogP contribution < -0.4 is 5.73 Å². The van der Waals surface area contributed by atoms with Crippen molar-refractivity contribution in [2.45, 2.75) is 13.1 Å². The van der Waals surface area contributed by atoms with E-state index in [0.717, 1.165) is 22.0 Å². The lowest BCUT2D eigenvalue weighted by molar-refractivity contribution is 0.481. The van der Waals surface area contributed by atoms with Gasteiger partial charge in [-0.05, 0) is 23.3 Å². The van der Waals surface area contributed by atoms with Gasteiger partial charge in [0.2, 0.25) is 0 Å². The zero-order chi connectivity index (χ0) is 13.2. The van der Waals surface area contributed by atoms with E-state index in [1.54, 1.807) is 12.3 Å². The van der Waals surface area contributed by atoms with Crippen LogP contribution >= 0.6 is 0 Å². The Hall–Kier alpha value is -2.33. The number of phenols is 1. The van der Waals surface area contributed by atoms with E-state index in [2.05, 4.69) is 17.2 Å². The fourth-order valence-corrected chi connectivity index (χ4v) is 2.24. The number of aromatic nitrogens is 2. The molecule has 0 aliphatic rings. The molecule has 0 amide bonds. The Labute approximate surface area is 111 Å². The zero-order valence-corrected chi connectivity index (χ0v) is 10.5. The van der Waals surface area contributed by atoms with Crippen molar-refractivity contribution in [2.75, 3.05) is 0 Å². The molecule has 0 aliphatic carbocycles. The molecule has 0 unspecified atom stereocenters. The molecule has 1 aromatic heterocycles. The summed E-state index contributed by atoms with van der Waals surface area (Å²) in [6.07, 6.45) is 1.69. The predicted molar refractivity (Wildman–Crippen MR) is 74.8 cm³/mol. The van der Waals surface area contributed by atoms with Gasteiger partial charge >= 0.3 is 0 Å². The molecule has 0 aliphatic heterocycles. The highest BCUT2D eigenvalue weighted by Gasteiger charge is 2.06. The Morgan fingerprint density at radius 1 is 1.11 bits per heavy atom. The van der Waals surface area contributed by atoms with E-state index in [1.807, 2.05) is 28.9 Å². The van der Waals surface area contributed by atoms with Crippen molar-refractivity contribution < 1.29 is 5.11 Å². The summed E-state index contributed by atoms with van der Waals surface area (Å²) < 4.78 is 1.88. The van der Waals surface area contributed by atoms with Gasteiger partial charge in [-0.1, -0.05) is 30.3 Å². The summed E-state index contributed by atoms with van der Waals surface area (Å²) in [4.78, 5) is 0. The molecule has 96 valence electrons. The molecule has 0 fully saturated rings. The summed E-state index contributed by atoms with van der Waals surface area (Å²) in [5.74, 6) is 0.263. The standard InChI is InChI=1S/C15H15N3O/c16-8-11-3-1-4-12(7-11)10-18-14-5-2-6-15(19)13(14)9-17-18/h1-7,9,19H,8,10,16H2. The fraction of sp³-hybridized carbons (Fsp3) is 0.133. The number of aromatic hydroxyl groups is 1. The molecule has 1 heterocycles. The minimum Gasteiger partial charge on any atom is -0.507 e. The molecule has 0 bridgehead atoms. The first-order chi connectivity index (χ1) is 9.28. The summed E-state index contributed by atoms with van der Waals surface area (Å²) in [5.41, 5.74) is 8.83. The molecule has 4 nitrogen and oxygen atoms in total. The maximum absolute atomic E-state index is 9.76. The van der Waals surface area contributed by atoms with E-state index in [9.17, 15) is 5.11 Å². The lowest BCUT2D eigenvalue weighted by atomic mass is 10.1. The first-order valence-electron chi connectivity index (χ1n) is 6.19. The van der Waals surface area contributed by atoms with E-state index in [0.29, 0.717) is 13.1 Å². The Morgan fingerprint density at radius 3 is 2.74 bits per heavy atom. The van der Waals surface area contributed by atoms with E-state index in [4.69, 9.17) is 5.73 Å². The van der Waals surface area contributed by atoms with Gasteiger partial charge in [0.25, 0.3) is 0 Å². The molecule has 4 heteroatoms. The van der Waals surface area contributed by atoms with Gasteiger partial charge in [-0.15, -0.1) is 0 Å². The molecule has 0 atom stereocenters. The fourth-order valence-electron chi connectivity index (χ4n) is 2.24. The molecule has 0 spiro atoms. The van der Waals surface area contributed by atoms with Crippen molar-refractivity contribution in [3.05, 3.63) is 59.8 Å². The van der Waals surface area contributed by atoms with Crippen molar-refractivity contribution in [3.8, 4) is 5.75 Å². The molecule has 0 saturated carbocycles. The highest BCUT2D eigenvalue weighted by atomic mass is 16.3. The Kier molecular flexibility index (Phi) is 2.93. The number of hydrogen-bond acceptors (Lipinski definition) is 3. The summed E-state index contributed by atoms with van der Waals surface area (Å²) >= 11 is 0. The van der Waals surface area contributed by atoms with Crippen molar-refractivity contribution in [2.24, 2.45) is 5.73 Å². The van der Waals surface area contributed by atoms with Crippen molar-refractivity contribution in [1.29, 1.82) is 0 Å². The van der Waals surface area contributed by atoms with Gasteiger partial charge in [-0.2, -0.15) is 5.10 Å². The molecule has 0 radical (unpaired) electrons. The lowest BCUT2D eigenvalue weighted by Gasteiger charge is -2.06. The quantitative estimate of drug-likeness (QED) is 0.752. The highest BCUT2D eigenvalue weighted by Crippen LogP contribution is 2.24. The second kappa shape index (κ2) is 4.74. The van der Waals surface area contributed by atoms with Crippen LogP contribution in [0.3, 0.4) is 0 Å². The summed E-state index contributed by atoms with van der Waals surface area (Å²) in [5, 5.41) is 14.9. The summed E-state index contributed by atoms with van der Waals surface area (Å²) in [6.45, 7) is 1.20. The third kappa shape index (κ3) is 2.18. The minimum absolute atomic E-state index is 0.263. The van der Waals surface area contributed by atoms with Crippen LogP contribution in [0.4, 0.5) is 0 Å². The first kappa shape index (κ1) is 11.7. The third-order valence-corrected chi connectivity index (χ3v) is 3.22. The van der Waals surface area contributed by atoms with Gasteiger partial charge in [0.1, 0.15) is 5.75 Å². The zero-order valence-electron chi connectivity index (χ0n) is 10.5. The average Bonchev–Trinajstić information content (AvgIpc) is 2.84. The van der Waals surface area contributed by atoms with Crippen molar-refractivity contribution in [1.82, 2.24) is 9.78 Å². The number of fused-ring (bicyclic) bond motifs is 1. The van der Waals surface area contributed by atoms with E-state index < -0.39 is 0 Å². The predicted octanol–water partition coefficient (Wildman–Crippen LogP) is 2.25. The van der Waals surface area contributed by atoms with Gasteiger partial charge < -0.3 is 10.8 Å². The third-order valence-electron chi connectivity index (χ3n) is 3.22. The van der Waals surface area contributed by atoms with Gasteiger partial charge in [-0.25, -0.2) is 0 Å². The maximum atomic E-state index is 9.76. The normalized spacial score (nSPS) is 11.0. The maximum Gasteiger partial charge on any atom is 0.126 e. The topological polar surface area (TPSA) is 64.1 Å². The van der Waals surface area contributed by atoms with Gasteiger partial charge in [0, 0.05) is 6.54 Å². The second-order valence-corrected chi connectivity index (χ2v) is 4.54. The smallest absolute Gasteiger partial charge is 0.126 e. The van der Waals surface area contributed by atoms with Crippen LogP contribution in [0, 0.1) is 0 Å². The van der Waals surface area contributed by atoms with Crippen LogP contribution in [0.1, 0.15) is 11.1 Å². The molecule has 3 N–H and O–H groups in total. The van der Waals surface area contributed by atoms with Crippen LogP contribution in [-0.2, 0) is 13.1 Å². The van der Waals surface area contributed by atoms with E-state index in [1.165, 1.54) is 0 Å². The average molecular weight is 253 g/mol. The lowest BCUT2D eigenvalue weighted by Crippen LogP contribution is -2.03. The molecule has 3 rings (SSSR count). The van der Waals surface area contributed by atoms with Crippen LogP contribution in [-0.4, -0.2) is 14.9 Å². The van der Waals surface area contributed by atoms with Crippen LogP contribution in [0.2, 0.25) is 0 Å². The molecular formula is C15H15N3O. The number of hydrogen-bond donors (Lipinski definition) is 2. The van der Waals surface area contributed by atoms with Gasteiger partial charge in [0.05, 0.1) is 23.6 Å². The molecular weight excluding hydrogens is 238 g/mol. The SMILES string of the molecule is NCc1cccc(Cn2ncc3c(O)cccc32)c1. The Bertz CT molecular complexity index is 718. The number of nitrogens with two attached hydrogens (primary N) is 1. The number of phenolic OH excluding ortho intramolecular Hbond substituents is 1. The second-order valence-electron chi connectivity index (χ2n) is 4.54. The summed E-state index contributed by atoms with van der Waals surface area (Å²) in [7, 11) is 0. The number of rotatable bonds is 3. The monoisotopic (exact) mass is 253 g/mol. The highest BCUT2D eigenvalue weighted by molar-refractivity contribution is 5.84. The number of benzene rings is 2. The first-order valence-corrected chi connectivity index (χ1v) is 6.19. The molecule has 3 aromatic rings. The van der Waals surface area contributed by atoms with Crippen molar-refractivity contribution in [3.63, 3.8) is 0 Å². The summed E-state index contributed by atoms with van der Waals surface area (Å²) in [6, 6.07) is 13.6. The molecule has 2 aromatic carbocycles. The molecule has 19 heavy (non-hydrogen) atoms. The van der Waals surface area contributed by atoms with E-state index >= 15 is 0 Å². The Balaban J connectivity index is 1.99. The minimum atomic E-state index is 0.263. The van der Waals surface area contributed by atoms with Gasteiger partial charge in [-0.3, -0.25) is 4.68 Å². The van der Waals surface area contributed by atoms with Crippen LogP contribution in [0.15, 0.2) is 48.7 Å². The van der Waals surface area contributed by atoms with Crippen molar-refractivity contribution >= 4 is 10.9 Å². The van der Waals surface area contributed by atoms with Crippen LogP contribution in [0.25, 0.3) is 10.9 Å². The van der Waals surface area contributed by atoms with Crippen LogP contribution in [0.5, 0.6) is 5.75 Å².